The number of nitrogens with one attached hydrogen (secondary N) is 1. The molecule has 4 rings (SSSR count). The normalized spacial score (nSPS) is 18.6. The summed E-state index contributed by atoms with van der Waals surface area (Å²) < 4.78 is 0. The van der Waals surface area contributed by atoms with Crippen molar-refractivity contribution in [3.63, 3.8) is 0 Å². The Hall–Kier alpha value is -1.99. The Morgan fingerprint density at radius 1 is 1.25 bits per heavy atom. The minimum atomic E-state index is -0.0950. The second kappa shape index (κ2) is 6.49. The van der Waals surface area contributed by atoms with Crippen molar-refractivity contribution in [3.8, 4) is 0 Å². The fourth-order valence-electron chi connectivity index (χ4n) is 2.99. The maximum absolute atomic E-state index is 12.6. The van der Waals surface area contributed by atoms with E-state index in [0.29, 0.717) is 11.7 Å². The van der Waals surface area contributed by atoms with Crippen LogP contribution in [0.15, 0.2) is 23.8 Å². The van der Waals surface area contributed by atoms with Crippen LogP contribution in [0.2, 0.25) is 0 Å². The Balaban J connectivity index is 1.47. The van der Waals surface area contributed by atoms with Crippen LogP contribution >= 0.6 is 11.3 Å². The van der Waals surface area contributed by atoms with E-state index in [4.69, 9.17) is 0 Å². The number of piperazine rings is 1. The van der Waals surface area contributed by atoms with Gasteiger partial charge in [0.05, 0.1) is 11.2 Å². The highest BCUT2D eigenvalue weighted by molar-refractivity contribution is 7.12. The Morgan fingerprint density at radius 3 is 2.79 bits per heavy atom. The highest BCUT2D eigenvalue weighted by atomic mass is 32.1. The lowest BCUT2D eigenvalue weighted by Crippen LogP contribution is -2.44. The number of pyridine rings is 1. The molecule has 1 saturated carbocycles. The van der Waals surface area contributed by atoms with E-state index in [9.17, 15) is 4.79 Å². The number of thiazole rings is 1. The first kappa shape index (κ1) is 15.5. The van der Waals surface area contributed by atoms with Gasteiger partial charge in [-0.2, -0.15) is 0 Å². The molecule has 7 heteroatoms. The number of carbonyl (C=O) groups is 1. The molecule has 1 amide bonds. The molecule has 0 atom stereocenters. The van der Waals surface area contributed by atoms with Gasteiger partial charge in [-0.05, 0) is 26.0 Å². The zero-order valence-corrected chi connectivity index (χ0v) is 14.6. The summed E-state index contributed by atoms with van der Waals surface area (Å²) in [6.45, 7) is 4.09. The van der Waals surface area contributed by atoms with Gasteiger partial charge in [-0.25, -0.2) is 9.97 Å². The van der Waals surface area contributed by atoms with E-state index in [1.807, 2.05) is 12.1 Å². The SMILES string of the molecule is CN1CCN(c2ccnc(NC(=O)c3scnc3C3CC3)c2)CC1. The Morgan fingerprint density at radius 2 is 2.04 bits per heavy atom. The summed E-state index contributed by atoms with van der Waals surface area (Å²) in [4.78, 5) is 26.6. The van der Waals surface area contributed by atoms with Gasteiger partial charge in [0.25, 0.3) is 5.91 Å². The van der Waals surface area contributed by atoms with Gasteiger partial charge < -0.3 is 15.1 Å². The van der Waals surface area contributed by atoms with E-state index >= 15 is 0 Å². The van der Waals surface area contributed by atoms with Gasteiger partial charge in [0, 0.05) is 50.0 Å². The molecular weight excluding hydrogens is 322 g/mol. The average molecular weight is 343 g/mol. The quantitative estimate of drug-likeness (QED) is 0.924. The van der Waals surface area contributed by atoms with Crippen LogP contribution in [0.1, 0.15) is 34.1 Å². The zero-order valence-electron chi connectivity index (χ0n) is 13.7. The maximum Gasteiger partial charge on any atom is 0.268 e. The van der Waals surface area contributed by atoms with E-state index < -0.39 is 0 Å². The molecule has 0 bridgehead atoms. The summed E-state index contributed by atoms with van der Waals surface area (Å²) in [5, 5.41) is 2.94. The Kier molecular flexibility index (Phi) is 4.20. The molecular formula is C17H21N5OS. The molecule has 0 unspecified atom stereocenters. The van der Waals surface area contributed by atoms with Crippen LogP contribution in [0.25, 0.3) is 0 Å². The van der Waals surface area contributed by atoms with Gasteiger partial charge in [-0.3, -0.25) is 4.79 Å². The second-order valence-electron chi connectivity index (χ2n) is 6.48. The summed E-state index contributed by atoms with van der Waals surface area (Å²) in [6.07, 6.45) is 4.04. The summed E-state index contributed by atoms with van der Waals surface area (Å²) in [5.41, 5.74) is 3.82. The van der Waals surface area contributed by atoms with Gasteiger partial charge in [0.15, 0.2) is 0 Å². The van der Waals surface area contributed by atoms with Crippen LogP contribution in [0.5, 0.6) is 0 Å². The number of anilines is 2. The minimum absolute atomic E-state index is 0.0950. The van der Waals surface area contributed by atoms with Gasteiger partial charge in [0.1, 0.15) is 10.7 Å². The first-order chi connectivity index (χ1) is 11.7. The molecule has 2 aromatic heterocycles. The maximum atomic E-state index is 12.6. The predicted molar refractivity (Wildman–Crippen MR) is 96.0 cm³/mol. The van der Waals surface area contributed by atoms with E-state index in [1.165, 1.54) is 11.3 Å². The molecule has 2 aromatic rings. The lowest BCUT2D eigenvalue weighted by molar-refractivity contribution is 0.102. The number of rotatable bonds is 4. The third-order valence-electron chi connectivity index (χ3n) is 4.62. The zero-order chi connectivity index (χ0) is 16.5. The predicted octanol–water partition coefficient (Wildman–Crippen LogP) is 2.42. The molecule has 1 N–H and O–H groups in total. The van der Waals surface area contributed by atoms with E-state index in [2.05, 4.69) is 32.1 Å². The fourth-order valence-corrected chi connectivity index (χ4v) is 3.76. The summed E-state index contributed by atoms with van der Waals surface area (Å²) in [5.74, 6) is 0.982. The van der Waals surface area contributed by atoms with Gasteiger partial charge in [-0.1, -0.05) is 0 Å². The van der Waals surface area contributed by atoms with Crippen LogP contribution in [-0.4, -0.2) is 54.0 Å². The van der Waals surface area contributed by atoms with Crippen molar-refractivity contribution in [2.24, 2.45) is 0 Å². The monoisotopic (exact) mass is 343 g/mol. The van der Waals surface area contributed by atoms with Crippen LogP contribution < -0.4 is 10.2 Å². The van der Waals surface area contributed by atoms with E-state index in [1.54, 1.807) is 11.7 Å². The van der Waals surface area contributed by atoms with E-state index in [0.717, 1.165) is 55.3 Å². The van der Waals surface area contributed by atoms with Gasteiger partial charge in [0.2, 0.25) is 0 Å². The molecule has 0 aromatic carbocycles. The van der Waals surface area contributed by atoms with Crippen molar-refractivity contribution in [3.05, 3.63) is 34.4 Å². The molecule has 0 spiro atoms. The molecule has 1 aliphatic carbocycles. The molecule has 2 fully saturated rings. The van der Waals surface area contributed by atoms with Crippen molar-refractivity contribution in [1.29, 1.82) is 0 Å². The topological polar surface area (TPSA) is 61.4 Å². The lowest BCUT2D eigenvalue weighted by atomic mass is 10.2. The Labute approximate surface area is 145 Å². The smallest absolute Gasteiger partial charge is 0.268 e. The van der Waals surface area contributed by atoms with E-state index in [-0.39, 0.29) is 5.91 Å². The number of amides is 1. The molecule has 0 radical (unpaired) electrons. The summed E-state index contributed by atoms with van der Waals surface area (Å²) in [7, 11) is 2.14. The number of carbonyl (C=O) groups excluding carboxylic acids is 1. The van der Waals surface area contributed by atoms with Gasteiger partial charge >= 0.3 is 0 Å². The molecule has 6 nitrogen and oxygen atoms in total. The number of aromatic nitrogens is 2. The number of likely N-dealkylation sites (N-methyl/N-ethyl adjacent to an activating group) is 1. The molecule has 24 heavy (non-hydrogen) atoms. The fraction of sp³-hybridized carbons (Fsp3) is 0.471. The van der Waals surface area contributed by atoms with Crippen molar-refractivity contribution in [1.82, 2.24) is 14.9 Å². The largest absolute Gasteiger partial charge is 0.369 e. The highest BCUT2D eigenvalue weighted by Gasteiger charge is 2.30. The van der Waals surface area contributed by atoms with Crippen molar-refractivity contribution in [2.45, 2.75) is 18.8 Å². The lowest BCUT2D eigenvalue weighted by Gasteiger charge is -2.34. The molecule has 3 heterocycles. The minimum Gasteiger partial charge on any atom is -0.369 e. The summed E-state index contributed by atoms with van der Waals surface area (Å²) in [6, 6.07) is 3.96. The summed E-state index contributed by atoms with van der Waals surface area (Å²) >= 11 is 1.41. The number of nitrogens with zero attached hydrogens (tertiary/aromatic N) is 4. The number of hydrogen-bond acceptors (Lipinski definition) is 6. The Bertz CT molecular complexity index is 734. The molecule has 1 aliphatic heterocycles. The van der Waals surface area contributed by atoms with Crippen LogP contribution in [0.3, 0.4) is 0 Å². The van der Waals surface area contributed by atoms with Crippen LogP contribution in [0.4, 0.5) is 11.5 Å². The van der Waals surface area contributed by atoms with Crippen molar-refractivity contribution < 1.29 is 4.79 Å². The van der Waals surface area contributed by atoms with Crippen molar-refractivity contribution in [2.75, 3.05) is 43.4 Å². The molecule has 1 saturated heterocycles. The first-order valence-corrected chi connectivity index (χ1v) is 9.23. The third kappa shape index (κ3) is 3.27. The highest BCUT2D eigenvalue weighted by Crippen LogP contribution is 2.41. The number of hydrogen-bond donors (Lipinski definition) is 1. The molecule has 126 valence electrons. The van der Waals surface area contributed by atoms with Crippen LogP contribution in [-0.2, 0) is 0 Å². The average Bonchev–Trinajstić information content (AvgIpc) is 3.32. The first-order valence-electron chi connectivity index (χ1n) is 8.35. The third-order valence-corrected chi connectivity index (χ3v) is 5.46. The second-order valence-corrected chi connectivity index (χ2v) is 7.34. The van der Waals surface area contributed by atoms with Crippen molar-refractivity contribution >= 4 is 28.7 Å². The van der Waals surface area contributed by atoms with Gasteiger partial charge in [-0.15, -0.1) is 11.3 Å². The van der Waals surface area contributed by atoms with Crippen LogP contribution in [0, 0.1) is 0 Å². The molecule has 2 aliphatic rings. The standard InChI is InChI=1S/C17H21N5OS/c1-21-6-8-22(9-7-21)13-4-5-18-14(10-13)20-17(23)16-15(12-2-3-12)19-11-24-16/h4-5,10-12H,2-3,6-9H2,1H3,(H,18,20,23).